The number of hydrogen-bond acceptors (Lipinski definition) is 6. The van der Waals surface area contributed by atoms with Gasteiger partial charge >= 0.3 is 0 Å². The van der Waals surface area contributed by atoms with E-state index in [1.165, 1.54) is 0 Å². The summed E-state index contributed by atoms with van der Waals surface area (Å²) in [6.45, 7) is 4.24. The highest BCUT2D eigenvalue weighted by Gasteiger charge is 2.25. The fraction of sp³-hybridized carbons (Fsp3) is 0.438. The molecule has 7 heteroatoms. The Labute approximate surface area is 140 Å². The van der Waals surface area contributed by atoms with Gasteiger partial charge in [0.15, 0.2) is 5.82 Å². The third-order valence-electron chi connectivity index (χ3n) is 4.15. The number of methoxy groups -OCH3 is 1. The van der Waals surface area contributed by atoms with E-state index >= 15 is 0 Å². The van der Waals surface area contributed by atoms with E-state index in [1.54, 1.807) is 23.5 Å². The van der Waals surface area contributed by atoms with Gasteiger partial charge < -0.3 is 10.5 Å². The first-order valence-electron chi connectivity index (χ1n) is 7.70. The Morgan fingerprint density at radius 2 is 2.22 bits per heavy atom. The van der Waals surface area contributed by atoms with Crippen molar-refractivity contribution in [2.24, 2.45) is 16.8 Å². The number of nitrogens with zero attached hydrogens (tertiary/aromatic N) is 4. The summed E-state index contributed by atoms with van der Waals surface area (Å²) < 4.78 is 7.09. The van der Waals surface area contributed by atoms with Crippen LogP contribution < -0.4 is 10.5 Å². The Kier molecular flexibility index (Phi) is 4.68. The highest BCUT2D eigenvalue weighted by atomic mass is 32.2. The van der Waals surface area contributed by atoms with E-state index in [-0.39, 0.29) is 6.04 Å². The molecule has 2 unspecified atom stereocenters. The molecule has 2 N–H and O–H groups in total. The van der Waals surface area contributed by atoms with Crippen molar-refractivity contribution in [3.63, 3.8) is 0 Å². The molecule has 3 rings (SSSR count). The first-order chi connectivity index (χ1) is 11.1. The molecule has 0 amide bonds. The van der Waals surface area contributed by atoms with Gasteiger partial charge in [-0.05, 0) is 18.1 Å². The van der Waals surface area contributed by atoms with Crippen LogP contribution in [0.2, 0.25) is 0 Å². The summed E-state index contributed by atoms with van der Waals surface area (Å²) >= 11 is 1.62. The fourth-order valence-corrected chi connectivity index (χ4v) is 3.25. The molecule has 2 atom stereocenters. The molecule has 1 aliphatic heterocycles. The van der Waals surface area contributed by atoms with Crippen LogP contribution in [0.4, 0.5) is 0 Å². The molecule has 0 bridgehead atoms. The van der Waals surface area contributed by atoms with Crippen LogP contribution in [0.3, 0.4) is 0 Å². The molecule has 2 aromatic rings. The summed E-state index contributed by atoms with van der Waals surface area (Å²) in [6.07, 6.45) is 0.989. The summed E-state index contributed by atoms with van der Waals surface area (Å²) in [6, 6.07) is 7.74. The zero-order valence-corrected chi connectivity index (χ0v) is 14.4. The number of fused-ring (bicyclic) bond motifs is 1. The van der Waals surface area contributed by atoms with Crippen molar-refractivity contribution in [3.05, 3.63) is 35.7 Å². The maximum atomic E-state index is 6.33. The van der Waals surface area contributed by atoms with Gasteiger partial charge in [0.2, 0.25) is 5.16 Å². The van der Waals surface area contributed by atoms with Crippen molar-refractivity contribution in [2.45, 2.75) is 31.5 Å². The number of benzene rings is 1. The van der Waals surface area contributed by atoms with E-state index in [2.05, 4.69) is 24.0 Å². The van der Waals surface area contributed by atoms with E-state index in [1.807, 2.05) is 24.3 Å². The van der Waals surface area contributed by atoms with Crippen LogP contribution in [-0.4, -0.2) is 33.4 Å². The van der Waals surface area contributed by atoms with Gasteiger partial charge in [0.05, 0.1) is 18.9 Å². The quantitative estimate of drug-likeness (QED) is 0.911. The van der Waals surface area contributed by atoms with Crippen molar-refractivity contribution in [3.8, 4) is 5.75 Å². The fourth-order valence-electron chi connectivity index (χ4n) is 2.40. The Morgan fingerprint density at radius 1 is 1.39 bits per heavy atom. The molecular formula is C16H21N5OS. The molecule has 0 aliphatic carbocycles. The molecule has 0 radical (unpaired) electrons. The minimum atomic E-state index is -0.171. The molecule has 0 saturated heterocycles. The molecular weight excluding hydrogens is 310 g/mol. The van der Waals surface area contributed by atoms with Crippen LogP contribution in [0.1, 0.15) is 37.7 Å². The lowest BCUT2D eigenvalue weighted by molar-refractivity contribution is 0.414. The molecule has 1 aromatic carbocycles. The Bertz CT molecular complexity index is 727. The number of thioether (sulfide) groups is 1. The maximum Gasteiger partial charge on any atom is 0.212 e. The summed E-state index contributed by atoms with van der Waals surface area (Å²) in [4.78, 5) is 0. The Morgan fingerprint density at radius 3 is 2.96 bits per heavy atom. The van der Waals surface area contributed by atoms with Crippen LogP contribution in [0.25, 0.3) is 0 Å². The van der Waals surface area contributed by atoms with Gasteiger partial charge in [0, 0.05) is 11.3 Å². The average Bonchev–Trinajstić information content (AvgIpc) is 3.03. The average molecular weight is 331 g/mol. The van der Waals surface area contributed by atoms with E-state index in [4.69, 9.17) is 15.6 Å². The molecule has 1 aromatic heterocycles. The maximum absolute atomic E-state index is 6.33. The van der Waals surface area contributed by atoms with Crippen molar-refractivity contribution < 1.29 is 4.74 Å². The largest absolute Gasteiger partial charge is 0.497 e. The topological polar surface area (TPSA) is 78.3 Å². The van der Waals surface area contributed by atoms with Gasteiger partial charge in [-0.2, -0.15) is 9.78 Å². The summed E-state index contributed by atoms with van der Waals surface area (Å²) in [5.74, 6) is 2.62. The normalized spacial score (nSPS) is 16.4. The van der Waals surface area contributed by atoms with Crippen molar-refractivity contribution in [2.75, 3.05) is 12.9 Å². The standard InChI is InChI=1S/C16H21N5OS/c1-4-10(2)14(17)15-18-19-16-21(15)20-13(9-23-16)11-6-5-7-12(8-11)22-3/h5-8,10,14H,4,9,17H2,1-3H3. The van der Waals surface area contributed by atoms with Gasteiger partial charge in [-0.3, -0.25) is 0 Å². The molecule has 0 saturated carbocycles. The SMILES string of the molecule is CCC(C)C(N)c1nnc2n1N=C(c1cccc(OC)c1)CS2. The smallest absolute Gasteiger partial charge is 0.212 e. The van der Waals surface area contributed by atoms with Gasteiger partial charge in [0.1, 0.15) is 5.75 Å². The van der Waals surface area contributed by atoms with Crippen molar-refractivity contribution in [1.29, 1.82) is 0 Å². The second kappa shape index (κ2) is 6.72. The van der Waals surface area contributed by atoms with Gasteiger partial charge in [-0.1, -0.05) is 44.2 Å². The second-order valence-electron chi connectivity index (χ2n) is 5.63. The third-order valence-corrected chi connectivity index (χ3v) is 5.08. The molecule has 122 valence electrons. The number of nitrogens with two attached hydrogens (primary N) is 1. The van der Waals surface area contributed by atoms with Gasteiger partial charge in [-0.25, -0.2) is 0 Å². The summed E-state index contributed by atoms with van der Waals surface area (Å²) in [5.41, 5.74) is 8.34. The molecule has 2 heterocycles. The predicted molar refractivity (Wildman–Crippen MR) is 92.1 cm³/mol. The lowest BCUT2D eigenvalue weighted by Gasteiger charge is -2.19. The van der Waals surface area contributed by atoms with E-state index in [0.29, 0.717) is 5.92 Å². The number of aromatic nitrogens is 3. The molecule has 6 nitrogen and oxygen atoms in total. The first-order valence-corrected chi connectivity index (χ1v) is 8.68. The third kappa shape index (κ3) is 3.11. The Hall–Kier alpha value is -1.86. The Balaban J connectivity index is 1.98. The number of rotatable bonds is 5. The highest BCUT2D eigenvalue weighted by molar-refractivity contribution is 7.99. The van der Waals surface area contributed by atoms with Crippen molar-refractivity contribution in [1.82, 2.24) is 14.9 Å². The zero-order chi connectivity index (χ0) is 16.4. The van der Waals surface area contributed by atoms with Crippen LogP contribution in [0.15, 0.2) is 34.5 Å². The minimum absolute atomic E-state index is 0.171. The van der Waals surface area contributed by atoms with Crippen LogP contribution in [0, 0.1) is 5.92 Å². The van der Waals surface area contributed by atoms with Crippen LogP contribution in [-0.2, 0) is 0 Å². The lowest BCUT2D eigenvalue weighted by atomic mass is 10.00. The summed E-state index contributed by atoms with van der Waals surface area (Å²) in [5, 5.41) is 14.0. The summed E-state index contributed by atoms with van der Waals surface area (Å²) in [7, 11) is 1.66. The molecule has 23 heavy (non-hydrogen) atoms. The van der Waals surface area contributed by atoms with Crippen molar-refractivity contribution >= 4 is 17.5 Å². The first kappa shape index (κ1) is 16.0. The second-order valence-corrected chi connectivity index (χ2v) is 6.57. The predicted octanol–water partition coefficient (Wildman–Crippen LogP) is 2.69. The van der Waals surface area contributed by atoms with Crippen LogP contribution in [0.5, 0.6) is 5.75 Å². The van der Waals surface area contributed by atoms with Gasteiger partial charge in [-0.15, -0.1) is 10.2 Å². The van der Waals surface area contributed by atoms with E-state index < -0.39 is 0 Å². The molecule has 1 aliphatic rings. The molecule has 0 spiro atoms. The lowest BCUT2D eigenvalue weighted by Crippen LogP contribution is -2.24. The highest BCUT2D eigenvalue weighted by Crippen LogP contribution is 2.29. The molecule has 0 fully saturated rings. The number of hydrogen-bond donors (Lipinski definition) is 1. The number of ether oxygens (including phenoxy) is 1. The minimum Gasteiger partial charge on any atom is -0.497 e. The zero-order valence-electron chi connectivity index (χ0n) is 13.6. The van der Waals surface area contributed by atoms with Gasteiger partial charge in [0.25, 0.3) is 0 Å². The van der Waals surface area contributed by atoms with E-state index in [9.17, 15) is 0 Å². The van der Waals surface area contributed by atoms with Crippen LogP contribution >= 0.6 is 11.8 Å². The monoisotopic (exact) mass is 331 g/mol. The van der Waals surface area contributed by atoms with E-state index in [0.717, 1.165) is 40.2 Å².